The lowest BCUT2D eigenvalue weighted by Gasteiger charge is -2.09. The van der Waals surface area contributed by atoms with Crippen LogP contribution in [0.3, 0.4) is 0 Å². The van der Waals surface area contributed by atoms with Gasteiger partial charge in [0, 0.05) is 29.2 Å². The van der Waals surface area contributed by atoms with Crippen molar-refractivity contribution in [2.75, 3.05) is 0 Å². The maximum Gasteiger partial charge on any atom is 0.333 e. The Morgan fingerprint density at radius 1 is 1.00 bits per heavy atom. The highest BCUT2D eigenvalue weighted by Crippen LogP contribution is 2.29. The second-order valence-electron chi connectivity index (χ2n) is 8.23. The molecule has 0 aliphatic rings. The van der Waals surface area contributed by atoms with Gasteiger partial charge < -0.3 is 0 Å². The monoisotopic (exact) mass is 485 g/mol. The lowest BCUT2D eigenvalue weighted by molar-refractivity contribution is 0.664. The summed E-state index contributed by atoms with van der Waals surface area (Å²) in [4.78, 5) is 18.1. The summed E-state index contributed by atoms with van der Waals surface area (Å²) < 4.78 is 3.41. The minimum absolute atomic E-state index is 0.127. The molecule has 0 bridgehead atoms. The zero-order valence-corrected chi connectivity index (χ0v) is 20.0. The highest BCUT2D eigenvalue weighted by molar-refractivity contribution is 6.32. The SMILES string of the molecule is CCCCc1cn(-c2ccccc2Cl)c(=O)n1Cc1ccc(-c2ccccc2-c2nn[nH]n2)cn1. The molecule has 3 aromatic heterocycles. The molecule has 176 valence electrons. The zero-order valence-electron chi connectivity index (χ0n) is 19.2. The fraction of sp³-hybridized carbons (Fsp3) is 0.192. The highest BCUT2D eigenvalue weighted by Gasteiger charge is 2.16. The summed E-state index contributed by atoms with van der Waals surface area (Å²) in [5, 5.41) is 14.9. The summed E-state index contributed by atoms with van der Waals surface area (Å²) in [5.41, 5.74) is 5.06. The molecule has 0 fully saturated rings. The quantitative estimate of drug-likeness (QED) is 0.336. The number of halogens is 1. The zero-order chi connectivity index (χ0) is 24.2. The first-order valence-electron chi connectivity index (χ1n) is 11.5. The summed E-state index contributed by atoms with van der Waals surface area (Å²) >= 11 is 6.39. The van der Waals surface area contributed by atoms with Crippen molar-refractivity contribution in [2.24, 2.45) is 0 Å². The Balaban J connectivity index is 1.47. The lowest BCUT2D eigenvalue weighted by Crippen LogP contribution is -2.25. The summed E-state index contributed by atoms with van der Waals surface area (Å²) in [6.07, 6.45) is 6.55. The molecule has 0 amide bonds. The summed E-state index contributed by atoms with van der Waals surface area (Å²) in [5.74, 6) is 0.526. The molecule has 0 saturated carbocycles. The van der Waals surface area contributed by atoms with Crippen molar-refractivity contribution >= 4 is 11.6 Å². The van der Waals surface area contributed by atoms with Gasteiger partial charge in [-0.05, 0) is 41.8 Å². The average Bonchev–Trinajstić information content (AvgIpc) is 3.53. The number of para-hydroxylation sites is 1. The van der Waals surface area contributed by atoms with E-state index in [0.717, 1.165) is 47.3 Å². The number of aromatic nitrogens is 7. The minimum Gasteiger partial charge on any atom is -0.290 e. The van der Waals surface area contributed by atoms with Gasteiger partial charge in [-0.2, -0.15) is 5.21 Å². The van der Waals surface area contributed by atoms with Crippen molar-refractivity contribution in [1.29, 1.82) is 0 Å². The fourth-order valence-electron chi connectivity index (χ4n) is 4.12. The predicted molar refractivity (Wildman–Crippen MR) is 136 cm³/mol. The molecular weight excluding hydrogens is 462 g/mol. The van der Waals surface area contributed by atoms with E-state index in [2.05, 4.69) is 32.5 Å². The molecule has 3 heterocycles. The first kappa shape index (κ1) is 22.7. The lowest BCUT2D eigenvalue weighted by atomic mass is 10.0. The topological polar surface area (TPSA) is 94.3 Å². The molecular formula is C26H24ClN7O. The fourth-order valence-corrected chi connectivity index (χ4v) is 4.34. The molecule has 5 aromatic rings. The number of nitrogens with zero attached hydrogens (tertiary/aromatic N) is 6. The molecule has 35 heavy (non-hydrogen) atoms. The number of aromatic amines is 1. The van der Waals surface area contributed by atoms with Crippen LogP contribution >= 0.6 is 11.6 Å². The van der Waals surface area contributed by atoms with E-state index in [1.807, 2.05) is 67.0 Å². The number of tetrazole rings is 1. The Morgan fingerprint density at radius 3 is 2.51 bits per heavy atom. The number of hydrogen-bond acceptors (Lipinski definition) is 5. The number of imidazole rings is 1. The van der Waals surface area contributed by atoms with Crippen LogP contribution in [0, 0.1) is 0 Å². The van der Waals surface area contributed by atoms with Crippen LogP contribution in [0.25, 0.3) is 28.2 Å². The first-order chi connectivity index (χ1) is 17.2. The van der Waals surface area contributed by atoms with E-state index in [0.29, 0.717) is 23.1 Å². The number of unbranched alkanes of at least 4 members (excludes halogenated alkanes) is 1. The van der Waals surface area contributed by atoms with Crippen molar-refractivity contribution in [1.82, 2.24) is 34.7 Å². The number of aryl methyl sites for hydroxylation is 1. The third-order valence-electron chi connectivity index (χ3n) is 5.93. The Kier molecular flexibility index (Phi) is 6.54. The van der Waals surface area contributed by atoms with E-state index in [1.54, 1.807) is 15.2 Å². The van der Waals surface area contributed by atoms with E-state index < -0.39 is 0 Å². The van der Waals surface area contributed by atoms with Crippen molar-refractivity contribution in [3.8, 4) is 28.2 Å². The Hall–Kier alpha value is -4.04. The average molecular weight is 486 g/mol. The van der Waals surface area contributed by atoms with E-state index in [4.69, 9.17) is 11.6 Å². The van der Waals surface area contributed by atoms with Gasteiger partial charge in [0.25, 0.3) is 0 Å². The molecule has 8 nitrogen and oxygen atoms in total. The van der Waals surface area contributed by atoms with Gasteiger partial charge in [-0.3, -0.25) is 14.1 Å². The van der Waals surface area contributed by atoms with Gasteiger partial charge in [-0.25, -0.2) is 4.79 Å². The van der Waals surface area contributed by atoms with Gasteiger partial charge in [0.05, 0.1) is 22.9 Å². The molecule has 0 aliphatic carbocycles. The molecule has 1 N–H and O–H groups in total. The van der Waals surface area contributed by atoms with Crippen molar-refractivity contribution in [3.63, 3.8) is 0 Å². The minimum atomic E-state index is -0.127. The van der Waals surface area contributed by atoms with Crippen molar-refractivity contribution < 1.29 is 0 Å². The number of rotatable bonds is 8. The molecule has 0 aliphatic heterocycles. The second kappa shape index (κ2) is 10.1. The number of benzene rings is 2. The van der Waals surface area contributed by atoms with Crippen molar-refractivity contribution in [2.45, 2.75) is 32.7 Å². The van der Waals surface area contributed by atoms with Gasteiger partial charge in [-0.1, -0.05) is 67.4 Å². The summed E-state index contributed by atoms with van der Waals surface area (Å²) in [6, 6.07) is 19.2. The molecule has 0 radical (unpaired) electrons. The van der Waals surface area contributed by atoms with Crippen LogP contribution in [0.4, 0.5) is 0 Å². The first-order valence-corrected chi connectivity index (χ1v) is 11.9. The van der Waals surface area contributed by atoms with Gasteiger partial charge in [0.15, 0.2) is 0 Å². The summed E-state index contributed by atoms with van der Waals surface area (Å²) in [6.45, 7) is 2.52. The molecule has 9 heteroatoms. The van der Waals surface area contributed by atoms with Gasteiger partial charge in [0.1, 0.15) is 0 Å². The maximum atomic E-state index is 13.4. The van der Waals surface area contributed by atoms with E-state index >= 15 is 0 Å². The number of H-pyrrole nitrogens is 1. The molecule has 0 unspecified atom stereocenters. The van der Waals surface area contributed by atoms with E-state index in [1.165, 1.54) is 0 Å². The third kappa shape index (κ3) is 4.65. The van der Waals surface area contributed by atoms with Gasteiger partial charge in [-0.15, -0.1) is 10.2 Å². The van der Waals surface area contributed by atoms with E-state index in [9.17, 15) is 4.79 Å². The number of hydrogen-bond donors (Lipinski definition) is 1. The number of nitrogens with one attached hydrogen (secondary N) is 1. The standard InChI is InChI=1S/C26H24ClN7O/c1-2-3-8-20-17-34(24-12-7-6-11-23(24)27)26(35)33(20)16-19-14-13-18(15-28-19)21-9-4-5-10-22(21)25-29-31-32-30-25/h4-7,9-15,17H,2-3,8,16H2,1H3,(H,29,30,31,32). The molecule has 5 rings (SSSR count). The highest BCUT2D eigenvalue weighted by atomic mass is 35.5. The van der Waals surface area contributed by atoms with Gasteiger partial charge >= 0.3 is 5.69 Å². The maximum absolute atomic E-state index is 13.4. The van der Waals surface area contributed by atoms with Gasteiger partial charge in [0.2, 0.25) is 5.82 Å². The molecule has 2 aromatic carbocycles. The Morgan fingerprint density at radius 2 is 1.80 bits per heavy atom. The molecule has 0 saturated heterocycles. The Labute approximate surface area is 207 Å². The van der Waals surface area contributed by atoms with Crippen LogP contribution in [0.15, 0.2) is 77.9 Å². The smallest absolute Gasteiger partial charge is 0.290 e. The summed E-state index contributed by atoms with van der Waals surface area (Å²) in [7, 11) is 0. The van der Waals surface area contributed by atoms with Crippen LogP contribution in [-0.2, 0) is 13.0 Å². The van der Waals surface area contributed by atoms with Crippen LogP contribution in [0.5, 0.6) is 0 Å². The van der Waals surface area contributed by atoms with E-state index in [-0.39, 0.29) is 5.69 Å². The molecule has 0 spiro atoms. The van der Waals surface area contributed by atoms with Crippen LogP contribution in [-0.4, -0.2) is 34.7 Å². The van der Waals surface area contributed by atoms with Crippen LogP contribution in [0.1, 0.15) is 31.2 Å². The Bertz CT molecular complexity index is 1490. The largest absolute Gasteiger partial charge is 0.333 e. The predicted octanol–water partition coefficient (Wildman–Crippen LogP) is 4.93. The van der Waals surface area contributed by atoms with Crippen LogP contribution in [0.2, 0.25) is 5.02 Å². The third-order valence-corrected chi connectivity index (χ3v) is 6.25. The normalized spacial score (nSPS) is 11.1. The number of pyridine rings is 1. The molecule has 0 atom stereocenters. The van der Waals surface area contributed by atoms with Crippen LogP contribution < -0.4 is 5.69 Å². The second-order valence-corrected chi connectivity index (χ2v) is 8.64. The van der Waals surface area contributed by atoms with Crippen molar-refractivity contribution in [3.05, 3.63) is 100.0 Å².